The highest BCUT2D eigenvalue weighted by atomic mass is 32.2. The number of ether oxygens (including phenoxy) is 1. The molecular formula is C17H15N3O2S2. The Morgan fingerprint density at radius 1 is 1.17 bits per heavy atom. The van der Waals surface area contributed by atoms with E-state index in [1.54, 1.807) is 42.7 Å². The molecular weight excluding hydrogens is 342 g/mol. The van der Waals surface area contributed by atoms with E-state index in [1.165, 1.54) is 11.8 Å². The number of anilines is 1. The lowest BCUT2D eigenvalue weighted by molar-refractivity contribution is -0.113. The maximum absolute atomic E-state index is 12.0. The minimum absolute atomic E-state index is 0.0886. The molecule has 3 aromatic rings. The first-order chi connectivity index (χ1) is 11.7. The third-order valence-corrected chi connectivity index (χ3v) is 4.95. The number of thioether (sulfide) groups is 1. The maximum Gasteiger partial charge on any atom is 0.234 e. The van der Waals surface area contributed by atoms with E-state index in [9.17, 15) is 4.79 Å². The van der Waals surface area contributed by atoms with Gasteiger partial charge in [-0.15, -0.1) is 21.5 Å². The number of amides is 1. The van der Waals surface area contributed by atoms with E-state index < -0.39 is 0 Å². The Morgan fingerprint density at radius 3 is 2.62 bits per heavy atom. The van der Waals surface area contributed by atoms with Crippen LogP contribution in [0.15, 0.2) is 58.9 Å². The number of nitrogens with one attached hydrogen (secondary N) is 1. The molecule has 1 amide bonds. The molecule has 0 aliphatic heterocycles. The topological polar surface area (TPSA) is 64.1 Å². The summed E-state index contributed by atoms with van der Waals surface area (Å²) in [6.45, 7) is 0. The number of carbonyl (C=O) groups is 1. The predicted octanol–water partition coefficient (Wildman–Crippen LogP) is 3.94. The second kappa shape index (κ2) is 7.94. The Labute approximate surface area is 148 Å². The van der Waals surface area contributed by atoms with Gasteiger partial charge in [0, 0.05) is 5.69 Å². The normalized spacial score (nSPS) is 10.4. The second-order valence-corrected chi connectivity index (χ2v) is 6.74. The Bertz CT molecular complexity index is 788. The summed E-state index contributed by atoms with van der Waals surface area (Å²) in [5, 5.41) is 13.9. The molecule has 122 valence electrons. The number of benzene rings is 1. The van der Waals surface area contributed by atoms with Crippen LogP contribution in [-0.2, 0) is 4.79 Å². The molecule has 3 rings (SSSR count). The summed E-state index contributed by atoms with van der Waals surface area (Å²) in [7, 11) is 1.61. The smallest absolute Gasteiger partial charge is 0.234 e. The van der Waals surface area contributed by atoms with Crippen molar-refractivity contribution in [2.75, 3.05) is 18.2 Å². The summed E-state index contributed by atoms with van der Waals surface area (Å²) in [6.07, 6.45) is 0. The van der Waals surface area contributed by atoms with Crippen molar-refractivity contribution in [1.29, 1.82) is 0 Å². The molecule has 0 atom stereocenters. The van der Waals surface area contributed by atoms with Gasteiger partial charge in [0.1, 0.15) is 16.5 Å². The molecule has 0 aliphatic carbocycles. The van der Waals surface area contributed by atoms with Crippen LogP contribution in [0.3, 0.4) is 0 Å². The number of thiophene rings is 1. The van der Waals surface area contributed by atoms with Crippen LogP contribution < -0.4 is 10.1 Å². The van der Waals surface area contributed by atoms with Crippen LogP contribution in [0.5, 0.6) is 5.75 Å². The van der Waals surface area contributed by atoms with Crippen molar-refractivity contribution in [3.05, 3.63) is 53.9 Å². The SMILES string of the molecule is COc1ccc(NC(=O)CSc2ccc(-c3cccs3)nn2)cc1. The number of nitrogens with zero attached hydrogens (tertiary/aromatic N) is 2. The number of aromatic nitrogens is 2. The van der Waals surface area contributed by atoms with Crippen LogP contribution in [0.1, 0.15) is 0 Å². The Balaban J connectivity index is 1.52. The van der Waals surface area contributed by atoms with Crippen molar-refractivity contribution in [1.82, 2.24) is 10.2 Å². The second-order valence-electron chi connectivity index (χ2n) is 4.80. The molecule has 0 radical (unpaired) electrons. The minimum atomic E-state index is -0.0886. The molecule has 7 heteroatoms. The lowest BCUT2D eigenvalue weighted by atomic mass is 10.3. The highest BCUT2D eigenvalue weighted by molar-refractivity contribution is 7.99. The third kappa shape index (κ3) is 4.33. The lowest BCUT2D eigenvalue weighted by Gasteiger charge is -2.06. The van der Waals surface area contributed by atoms with Crippen molar-refractivity contribution in [3.63, 3.8) is 0 Å². The van der Waals surface area contributed by atoms with Gasteiger partial charge in [-0.1, -0.05) is 17.8 Å². The largest absolute Gasteiger partial charge is 0.497 e. The average Bonchev–Trinajstić information content (AvgIpc) is 3.16. The number of carbonyl (C=O) groups excluding carboxylic acids is 1. The van der Waals surface area contributed by atoms with Crippen molar-refractivity contribution in [2.45, 2.75) is 5.03 Å². The highest BCUT2D eigenvalue weighted by Gasteiger charge is 2.06. The van der Waals surface area contributed by atoms with Gasteiger partial charge in [0.05, 0.1) is 17.7 Å². The van der Waals surface area contributed by atoms with Crippen molar-refractivity contribution in [3.8, 4) is 16.3 Å². The van der Waals surface area contributed by atoms with Crippen LogP contribution >= 0.6 is 23.1 Å². The summed E-state index contributed by atoms with van der Waals surface area (Å²) in [5.74, 6) is 0.941. The maximum atomic E-state index is 12.0. The van der Waals surface area contributed by atoms with Gasteiger partial charge in [0.2, 0.25) is 5.91 Å². The fraction of sp³-hybridized carbons (Fsp3) is 0.118. The minimum Gasteiger partial charge on any atom is -0.497 e. The molecule has 2 heterocycles. The molecule has 2 aromatic heterocycles. The molecule has 0 bridgehead atoms. The summed E-state index contributed by atoms with van der Waals surface area (Å²) in [5.41, 5.74) is 1.58. The molecule has 1 N–H and O–H groups in total. The van der Waals surface area contributed by atoms with Gasteiger partial charge in [-0.2, -0.15) is 0 Å². The Kier molecular flexibility index (Phi) is 5.45. The molecule has 0 aliphatic rings. The van der Waals surface area contributed by atoms with E-state index in [4.69, 9.17) is 4.74 Å². The van der Waals surface area contributed by atoms with Crippen molar-refractivity contribution < 1.29 is 9.53 Å². The highest BCUT2D eigenvalue weighted by Crippen LogP contribution is 2.23. The zero-order valence-electron chi connectivity index (χ0n) is 12.9. The van der Waals surface area contributed by atoms with Crippen LogP contribution in [0.4, 0.5) is 5.69 Å². The van der Waals surface area contributed by atoms with Crippen molar-refractivity contribution >= 4 is 34.7 Å². The molecule has 0 saturated carbocycles. The summed E-state index contributed by atoms with van der Waals surface area (Å²) < 4.78 is 5.08. The molecule has 0 saturated heterocycles. The molecule has 1 aromatic carbocycles. The quantitative estimate of drug-likeness (QED) is 0.677. The number of hydrogen-bond donors (Lipinski definition) is 1. The van der Waals surface area contributed by atoms with Gasteiger partial charge in [-0.05, 0) is 47.8 Å². The first-order valence-electron chi connectivity index (χ1n) is 7.19. The zero-order valence-corrected chi connectivity index (χ0v) is 14.6. The van der Waals surface area contributed by atoms with Gasteiger partial charge >= 0.3 is 0 Å². The standard InChI is InChI=1S/C17H15N3O2S2/c1-22-13-6-4-12(5-7-13)18-16(21)11-24-17-9-8-14(19-20-17)15-3-2-10-23-15/h2-10H,11H2,1H3,(H,18,21). The third-order valence-electron chi connectivity index (χ3n) is 3.14. The summed E-state index contributed by atoms with van der Waals surface area (Å²) in [4.78, 5) is 13.1. The monoisotopic (exact) mass is 357 g/mol. The number of hydrogen-bond acceptors (Lipinski definition) is 6. The van der Waals surface area contributed by atoms with Gasteiger partial charge < -0.3 is 10.1 Å². The summed E-state index contributed by atoms with van der Waals surface area (Å²) in [6, 6.07) is 15.0. The summed E-state index contributed by atoms with van der Waals surface area (Å²) >= 11 is 2.98. The van der Waals surface area contributed by atoms with Crippen LogP contribution in [-0.4, -0.2) is 29.0 Å². The van der Waals surface area contributed by atoms with Crippen LogP contribution in [0.25, 0.3) is 10.6 Å². The molecule has 0 unspecified atom stereocenters. The van der Waals surface area contributed by atoms with E-state index in [0.717, 1.165) is 27.0 Å². The number of methoxy groups -OCH3 is 1. The zero-order chi connectivity index (χ0) is 16.8. The van der Waals surface area contributed by atoms with Crippen LogP contribution in [0.2, 0.25) is 0 Å². The van der Waals surface area contributed by atoms with E-state index in [2.05, 4.69) is 15.5 Å². The predicted molar refractivity (Wildman–Crippen MR) is 97.7 cm³/mol. The molecule has 0 fully saturated rings. The lowest BCUT2D eigenvalue weighted by Crippen LogP contribution is -2.14. The van der Waals surface area contributed by atoms with E-state index in [1.807, 2.05) is 29.6 Å². The van der Waals surface area contributed by atoms with Crippen LogP contribution in [0, 0.1) is 0 Å². The Hall–Kier alpha value is -2.38. The molecule has 0 spiro atoms. The molecule has 24 heavy (non-hydrogen) atoms. The Morgan fingerprint density at radius 2 is 2.00 bits per heavy atom. The fourth-order valence-electron chi connectivity index (χ4n) is 1.96. The van der Waals surface area contributed by atoms with Gasteiger partial charge in [-0.25, -0.2) is 0 Å². The fourth-order valence-corrected chi connectivity index (χ4v) is 3.27. The first-order valence-corrected chi connectivity index (χ1v) is 9.05. The molecule has 5 nitrogen and oxygen atoms in total. The van der Waals surface area contributed by atoms with Gasteiger partial charge in [0.15, 0.2) is 0 Å². The number of rotatable bonds is 6. The van der Waals surface area contributed by atoms with Crippen molar-refractivity contribution in [2.24, 2.45) is 0 Å². The van der Waals surface area contributed by atoms with Gasteiger partial charge in [-0.3, -0.25) is 4.79 Å². The van der Waals surface area contributed by atoms with E-state index >= 15 is 0 Å². The van der Waals surface area contributed by atoms with E-state index in [-0.39, 0.29) is 11.7 Å². The van der Waals surface area contributed by atoms with Gasteiger partial charge in [0.25, 0.3) is 0 Å². The average molecular weight is 357 g/mol. The first kappa shape index (κ1) is 16.5. The van der Waals surface area contributed by atoms with E-state index in [0.29, 0.717) is 0 Å².